The summed E-state index contributed by atoms with van der Waals surface area (Å²) in [6.07, 6.45) is 9.12. The van der Waals surface area contributed by atoms with Gasteiger partial charge in [-0.05, 0) is 55.8 Å². The monoisotopic (exact) mass is 445 g/mol. The Kier molecular flexibility index (Phi) is 7.81. The third-order valence-corrected chi connectivity index (χ3v) is 6.27. The van der Waals surface area contributed by atoms with Crippen LogP contribution in [0.4, 0.5) is 0 Å². The van der Waals surface area contributed by atoms with Gasteiger partial charge in [-0.3, -0.25) is 9.97 Å². The second-order valence-corrected chi connectivity index (χ2v) is 8.64. The normalized spacial score (nSPS) is 15.3. The van der Waals surface area contributed by atoms with Crippen molar-refractivity contribution in [3.63, 3.8) is 0 Å². The van der Waals surface area contributed by atoms with Crippen LogP contribution in [0.1, 0.15) is 36.1 Å². The molecule has 33 heavy (non-hydrogen) atoms. The minimum atomic E-state index is -1.85. The molecule has 2 aromatic carbocycles. The van der Waals surface area contributed by atoms with E-state index in [0.717, 1.165) is 31.7 Å². The average molecular weight is 446 g/mol. The molecule has 0 saturated carbocycles. The summed E-state index contributed by atoms with van der Waals surface area (Å²) in [4.78, 5) is 24.3. The zero-order valence-corrected chi connectivity index (χ0v) is 18.8. The highest BCUT2D eigenvalue weighted by Crippen LogP contribution is 2.31. The van der Waals surface area contributed by atoms with Gasteiger partial charge in [-0.1, -0.05) is 60.7 Å². The Labute approximate surface area is 195 Å². The summed E-state index contributed by atoms with van der Waals surface area (Å²) in [6, 6.07) is 17.9. The summed E-state index contributed by atoms with van der Waals surface area (Å²) in [5.41, 5.74) is 0.0829. The Hall–Kier alpha value is -3.09. The third kappa shape index (κ3) is 5.83. The van der Waals surface area contributed by atoms with Gasteiger partial charge in [0.05, 0.1) is 12.3 Å². The first kappa shape index (κ1) is 23.1. The predicted molar refractivity (Wildman–Crippen MR) is 126 cm³/mol. The van der Waals surface area contributed by atoms with Crippen molar-refractivity contribution < 1.29 is 14.6 Å². The van der Waals surface area contributed by atoms with Crippen molar-refractivity contribution in [1.82, 2.24) is 14.9 Å². The van der Waals surface area contributed by atoms with Gasteiger partial charge in [-0.25, -0.2) is 4.79 Å². The maximum Gasteiger partial charge on any atom is 0.347 e. The summed E-state index contributed by atoms with van der Waals surface area (Å²) in [6.45, 7) is 3.40. The number of likely N-dealkylation sites (tertiary alicyclic amines) is 1. The number of carbonyl (C=O) groups is 1. The van der Waals surface area contributed by atoms with Crippen LogP contribution in [0.2, 0.25) is 0 Å². The molecule has 1 aliphatic rings. The fourth-order valence-electron chi connectivity index (χ4n) is 4.50. The Bertz CT molecular complexity index is 953. The first-order valence-electron chi connectivity index (χ1n) is 11.6. The van der Waals surface area contributed by atoms with E-state index < -0.39 is 11.6 Å². The van der Waals surface area contributed by atoms with Gasteiger partial charge < -0.3 is 14.7 Å². The van der Waals surface area contributed by atoms with Gasteiger partial charge in [-0.2, -0.15) is 0 Å². The van der Waals surface area contributed by atoms with Crippen molar-refractivity contribution in [1.29, 1.82) is 0 Å². The summed E-state index contributed by atoms with van der Waals surface area (Å²) in [7, 11) is 0. The molecular weight excluding hydrogens is 414 g/mol. The van der Waals surface area contributed by atoms with Gasteiger partial charge in [0, 0.05) is 25.1 Å². The summed E-state index contributed by atoms with van der Waals surface area (Å²) in [5, 5.41) is 11.6. The average Bonchev–Trinajstić information content (AvgIpc) is 3.38. The molecule has 172 valence electrons. The van der Waals surface area contributed by atoms with Crippen LogP contribution in [0.15, 0.2) is 79.3 Å². The third-order valence-electron chi connectivity index (χ3n) is 6.27. The lowest BCUT2D eigenvalue weighted by molar-refractivity contribution is -0.162. The van der Waals surface area contributed by atoms with Crippen LogP contribution >= 0.6 is 0 Å². The molecule has 0 unspecified atom stereocenters. The molecule has 1 aromatic heterocycles. The van der Waals surface area contributed by atoms with Crippen molar-refractivity contribution >= 4 is 5.97 Å². The Morgan fingerprint density at radius 2 is 1.64 bits per heavy atom. The van der Waals surface area contributed by atoms with Gasteiger partial charge in [0.2, 0.25) is 5.60 Å². The molecule has 4 rings (SSSR count). The topological polar surface area (TPSA) is 75.5 Å². The zero-order chi connectivity index (χ0) is 22.9. The molecule has 1 aliphatic heterocycles. The number of nitrogens with zero attached hydrogens (tertiary/aromatic N) is 3. The number of benzene rings is 2. The van der Waals surface area contributed by atoms with Gasteiger partial charge in [-0.15, -0.1) is 0 Å². The molecule has 1 N–H and O–H groups in total. The number of hydrogen-bond donors (Lipinski definition) is 1. The van der Waals surface area contributed by atoms with Crippen molar-refractivity contribution in [3.8, 4) is 0 Å². The highest BCUT2D eigenvalue weighted by molar-refractivity contribution is 5.85. The van der Waals surface area contributed by atoms with Crippen LogP contribution in [0.5, 0.6) is 0 Å². The first-order valence-corrected chi connectivity index (χ1v) is 11.6. The zero-order valence-electron chi connectivity index (χ0n) is 18.8. The number of esters is 1. The van der Waals surface area contributed by atoms with Crippen LogP contribution in [-0.4, -0.2) is 52.2 Å². The smallest absolute Gasteiger partial charge is 0.347 e. The quantitative estimate of drug-likeness (QED) is 0.481. The number of carbonyl (C=O) groups excluding carboxylic acids is 1. The van der Waals surface area contributed by atoms with Gasteiger partial charge in [0.1, 0.15) is 0 Å². The fourth-order valence-corrected chi connectivity index (χ4v) is 4.50. The van der Waals surface area contributed by atoms with E-state index in [1.54, 1.807) is 42.9 Å². The van der Waals surface area contributed by atoms with Crippen molar-refractivity contribution in [3.05, 3.63) is 96.1 Å². The Morgan fingerprint density at radius 1 is 1.00 bits per heavy atom. The van der Waals surface area contributed by atoms with Gasteiger partial charge in [0.15, 0.2) is 0 Å². The molecule has 1 fully saturated rings. The maximum absolute atomic E-state index is 13.2. The molecule has 0 aliphatic carbocycles. The molecule has 3 aromatic rings. The number of aromatic nitrogens is 2. The fraction of sp³-hybridized carbons (Fsp3) is 0.370. The predicted octanol–water partition coefficient (Wildman–Crippen LogP) is 3.60. The van der Waals surface area contributed by atoms with E-state index in [2.05, 4.69) is 14.9 Å². The Morgan fingerprint density at radius 3 is 2.21 bits per heavy atom. The highest BCUT2D eigenvalue weighted by atomic mass is 16.5. The first-order chi connectivity index (χ1) is 16.2. The molecule has 0 radical (unpaired) electrons. The van der Waals surface area contributed by atoms with E-state index in [1.165, 1.54) is 12.8 Å². The van der Waals surface area contributed by atoms with Crippen LogP contribution in [0, 0.1) is 5.92 Å². The highest BCUT2D eigenvalue weighted by Gasteiger charge is 2.41. The molecular formula is C27H31N3O3. The number of rotatable bonds is 10. The molecule has 6 heteroatoms. The summed E-state index contributed by atoms with van der Waals surface area (Å²) < 4.78 is 5.71. The van der Waals surface area contributed by atoms with Gasteiger partial charge >= 0.3 is 5.97 Å². The van der Waals surface area contributed by atoms with E-state index in [-0.39, 0.29) is 12.5 Å². The van der Waals surface area contributed by atoms with Crippen LogP contribution in [-0.2, 0) is 21.6 Å². The lowest BCUT2D eigenvalue weighted by Gasteiger charge is -2.28. The minimum absolute atomic E-state index is 0.236. The van der Waals surface area contributed by atoms with E-state index in [9.17, 15) is 9.90 Å². The lowest BCUT2D eigenvalue weighted by atomic mass is 9.86. The van der Waals surface area contributed by atoms with E-state index >= 15 is 0 Å². The standard InChI is InChI=1S/C27H31N3O3/c31-26(27(32,23-9-3-1-4-10-23)24-11-5-2-6-12-24)33-18-13-22(21-30-16-7-8-17-30)19-25-20-28-14-15-29-25/h1-6,9-12,14-15,20,22,32H,7-8,13,16-19,21H2/t22-/m0/s1. The summed E-state index contributed by atoms with van der Waals surface area (Å²) >= 11 is 0. The van der Waals surface area contributed by atoms with Crippen molar-refractivity contribution in [2.24, 2.45) is 5.92 Å². The second kappa shape index (κ2) is 11.2. The van der Waals surface area contributed by atoms with Crippen LogP contribution < -0.4 is 0 Å². The molecule has 6 nitrogen and oxygen atoms in total. The van der Waals surface area contributed by atoms with Crippen LogP contribution in [0.25, 0.3) is 0 Å². The molecule has 0 amide bonds. The molecule has 0 bridgehead atoms. The second-order valence-electron chi connectivity index (χ2n) is 8.64. The molecule has 2 heterocycles. The van der Waals surface area contributed by atoms with Crippen molar-refractivity contribution in [2.45, 2.75) is 31.3 Å². The molecule has 0 spiro atoms. The number of hydrogen-bond acceptors (Lipinski definition) is 6. The molecule has 1 atom stereocenters. The van der Waals surface area contributed by atoms with Crippen molar-refractivity contribution in [2.75, 3.05) is 26.2 Å². The Balaban J connectivity index is 1.45. The van der Waals surface area contributed by atoms with E-state index in [4.69, 9.17) is 4.74 Å². The van der Waals surface area contributed by atoms with Crippen LogP contribution in [0.3, 0.4) is 0 Å². The molecule has 1 saturated heterocycles. The summed E-state index contributed by atoms with van der Waals surface area (Å²) in [5.74, 6) is -0.367. The maximum atomic E-state index is 13.2. The SMILES string of the molecule is O=C(OCC[C@@H](Cc1cnccn1)CN1CCCC1)C(O)(c1ccccc1)c1ccccc1. The van der Waals surface area contributed by atoms with E-state index in [0.29, 0.717) is 17.5 Å². The van der Waals surface area contributed by atoms with E-state index in [1.807, 2.05) is 36.4 Å². The van der Waals surface area contributed by atoms with Gasteiger partial charge in [0.25, 0.3) is 0 Å². The lowest BCUT2D eigenvalue weighted by Crippen LogP contribution is -2.39. The number of aliphatic hydroxyl groups is 1. The largest absolute Gasteiger partial charge is 0.463 e. The number of ether oxygens (including phenoxy) is 1. The minimum Gasteiger partial charge on any atom is -0.463 e.